The summed E-state index contributed by atoms with van der Waals surface area (Å²) >= 11 is 0. The average Bonchev–Trinajstić information content (AvgIpc) is 2.02. The summed E-state index contributed by atoms with van der Waals surface area (Å²) < 4.78 is 15.2. The van der Waals surface area contributed by atoms with Crippen LogP contribution in [0.5, 0.6) is 0 Å². The van der Waals surface area contributed by atoms with Gasteiger partial charge in [-0.2, -0.15) is 0 Å². The highest BCUT2D eigenvalue weighted by atomic mass is 28.4. The average molecular weight is 220 g/mol. The molecule has 0 aromatic rings. The second-order valence-corrected chi connectivity index (χ2v) is 5.43. The first-order chi connectivity index (χ1) is 6.45. The maximum absolute atomic E-state index is 10.8. The van der Waals surface area contributed by atoms with Crippen molar-refractivity contribution in [2.45, 2.75) is 33.7 Å². The first kappa shape index (κ1) is 13.1. The van der Waals surface area contributed by atoms with E-state index in [0.717, 1.165) is 0 Å². The predicted octanol–water partition coefficient (Wildman–Crippen LogP) is 1.11. The molecule has 82 valence electrons. The largest absolute Gasteiger partial charge is 0.635 e. The smallest absolute Gasteiger partial charge is 0.464 e. The number of hydrogen-bond acceptors (Lipinski definition) is 5. The summed E-state index contributed by atoms with van der Waals surface area (Å²) in [5.74, 6) is -0.985. The molecule has 0 radical (unpaired) electrons. The van der Waals surface area contributed by atoms with Crippen molar-refractivity contribution in [2.24, 2.45) is 0 Å². The van der Waals surface area contributed by atoms with Crippen LogP contribution in [0.4, 0.5) is 0 Å². The molecule has 0 aliphatic heterocycles. The molecule has 0 aromatic carbocycles. The summed E-state index contributed by atoms with van der Waals surface area (Å²) in [5.41, 5.74) is 0. The van der Waals surface area contributed by atoms with Gasteiger partial charge < -0.3 is 13.3 Å². The van der Waals surface area contributed by atoms with Crippen LogP contribution in [-0.4, -0.2) is 27.3 Å². The molecule has 5 nitrogen and oxygen atoms in total. The number of carbonyl (C=O) groups excluding carboxylic acids is 2. The third-order valence-electron chi connectivity index (χ3n) is 1.40. The van der Waals surface area contributed by atoms with Crippen molar-refractivity contribution in [3.63, 3.8) is 0 Å². The molecule has 0 amide bonds. The van der Waals surface area contributed by atoms with E-state index in [4.69, 9.17) is 13.3 Å². The molecule has 0 bridgehead atoms. The van der Waals surface area contributed by atoms with Crippen LogP contribution < -0.4 is 0 Å². The Kier molecular flexibility index (Phi) is 5.40. The van der Waals surface area contributed by atoms with Crippen LogP contribution in [0, 0.1) is 0 Å². The lowest BCUT2D eigenvalue weighted by Crippen LogP contribution is -2.47. The zero-order valence-corrected chi connectivity index (χ0v) is 9.96. The van der Waals surface area contributed by atoms with Gasteiger partial charge in [-0.25, -0.2) is 0 Å². The first-order valence-corrected chi connectivity index (χ1v) is 6.42. The summed E-state index contributed by atoms with van der Waals surface area (Å²) in [6.45, 7) is 6.39. The van der Waals surface area contributed by atoms with Crippen molar-refractivity contribution in [3.8, 4) is 0 Å². The molecule has 14 heavy (non-hydrogen) atoms. The third kappa shape index (κ3) is 4.38. The second kappa shape index (κ2) is 5.76. The standard InChI is InChI=1S/C8H16O5Si/c1-5-11-14(6-2,12-7(3)9)13-8(4)10/h5-6H2,1-4H3. The van der Waals surface area contributed by atoms with Crippen molar-refractivity contribution >= 4 is 20.7 Å². The van der Waals surface area contributed by atoms with Gasteiger partial charge in [0.1, 0.15) is 0 Å². The molecular weight excluding hydrogens is 204 g/mol. The molecule has 0 fully saturated rings. The molecule has 0 spiro atoms. The molecule has 6 heteroatoms. The van der Waals surface area contributed by atoms with Gasteiger partial charge in [-0.1, -0.05) is 6.92 Å². The lowest BCUT2D eigenvalue weighted by Gasteiger charge is -2.25. The topological polar surface area (TPSA) is 61.8 Å². The monoisotopic (exact) mass is 220 g/mol. The fraction of sp³-hybridized carbons (Fsp3) is 0.750. The van der Waals surface area contributed by atoms with Crippen molar-refractivity contribution in [3.05, 3.63) is 0 Å². The van der Waals surface area contributed by atoms with Gasteiger partial charge in [-0.3, -0.25) is 9.59 Å². The Morgan fingerprint density at radius 1 is 1.07 bits per heavy atom. The van der Waals surface area contributed by atoms with Gasteiger partial charge in [0.25, 0.3) is 11.9 Å². The van der Waals surface area contributed by atoms with E-state index in [9.17, 15) is 9.59 Å². The fourth-order valence-corrected chi connectivity index (χ4v) is 2.95. The summed E-state index contributed by atoms with van der Waals surface area (Å²) in [4.78, 5) is 21.6. The van der Waals surface area contributed by atoms with Gasteiger partial charge >= 0.3 is 8.80 Å². The van der Waals surface area contributed by atoms with Gasteiger partial charge in [0.05, 0.1) is 0 Å². The van der Waals surface area contributed by atoms with Crippen LogP contribution in [0.25, 0.3) is 0 Å². The van der Waals surface area contributed by atoms with Gasteiger partial charge in [0.15, 0.2) is 0 Å². The van der Waals surface area contributed by atoms with Crippen LogP contribution >= 0.6 is 0 Å². The molecule has 0 saturated carbocycles. The minimum Gasteiger partial charge on any atom is -0.464 e. The molecule has 0 atom stereocenters. The van der Waals surface area contributed by atoms with Crippen molar-refractivity contribution in [1.82, 2.24) is 0 Å². The van der Waals surface area contributed by atoms with E-state index in [2.05, 4.69) is 0 Å². The molecule has 0 heterocycles. The van der Waals surface area contributed by atoms with E-state index in [1.54, 1.807) is 13.8 Å². The van der Waals surface area contributed by atoms with E-state index in [0.29, 0.717) is 12.7 Å². The zero-order chi connectivity index (χ0) is 11.2. The Balaban J connectivity index is 4.58. The maximum atomic E-state index is 10.8. The van der Waals surface area contributed by atoms with E-state index in [-0.39, 0.29) is 0 Å². The van der Waals surface area contributed by atoms with Crippen molar-refractivity contribution in [2.75, 3.05) is 6.61 Å². The quantitative estimate of drug-likeness (QED) is 0.649. The Hall–Kier alpha value is -0.883. The molecule has 0 unspecified atom stereocenters. The molecule has 0 aliphatic rings. The normalized spacial score (nSPS) is 10.9. The van der Waals surface area contributed by atoms with Crippen molar-refractivity contribution in [1.29, 1.82) is 0 Å². The fourth-order valence-electron chi connectivity index (χ4n) is 0.984. The lowest BCUT2D eigenvalue weighted by molar-refractivity contribution is -0.142. The van der Waals surface area contributed by atoms with Gasteiger partial charge in [0.2, 0.25) is 0 Å². The number of carbonyl (C=O) groups is 2. The highest BCUT2D eigenvalue weighted by Crippen LogP contribution is 2.15. The summed E-state index contributed by atoms with van der Waals surface area (Å²) in [5, 5.41) is 0. The van der Waals surface area contributed by atoms with E-state index < -0.39 is 20.7 Å². The number of hydrogen-bond donors (Lipinski definition) is 0. The molecule has 0 saturated heterocycles. The zero-order valence-electron chi connectivity index (χ0n) is 8.96. The Morgan fingerprint density at radius 2 is 1.50 bits per heavy atom. The van der Waals surface area contributed by atoms with E-state index in [1.165, 1.54) is 13.8 Å². The highest BCUT2D eigenvalue weighted by Gasteiger charge is 2.45. The summed E-state index contributed by atoms with van der Waals surface area (Å²) in [6, 6.07) is 0.389. The predicted molar refractivity (Wildman–Crippen MR) is 51.4 cm³/mol. The summed E-state index contributed by atoms with van der Waals surface area (Å²) in [6.07, 6.45) is 0. The van der Waals surface area contributed by atoms with Crippen molar-refractivity contribution < 1.29 is 22.9 Å². The Morgan fingerprint density at radius 3 is 1.71 bits per heavy atom. The van der Waals surface area contributed by atoms with Gasteiger partial charge in [-0.15, -0.1) is 0 Å². The Bertz CT molecular complexity index is 200. The molecule has 0 rings (SSSR count). The minimum atomic E-state index is -3.09. The van der Waals surface area contributed by atoms with Crippen LogP contribution in [0.2, 0.25) is 6.04 Å². The Labute approximate surface area is 84.7 Å². The molecule has 0 aromatic heterocycles. The second-order valence-electron chi connectivity index (χ2n) is 2.66. The first-order valence-electron chi connectivity index (χ1n) is 4.49. The van der Waals surface area contributed by atoms with Gasteiger partial charge in [-0.05, 0) is 6.92 Å². The highest BCUT2D eigenvalue weighted by molar-refractivity contribution is 6.63. The molecular formula is C8H16O5Si. The maximum Gasteiger partial charge on any atom is 0.635 e. The number of rotatable bonds is 5. The minimum absolute atomic E-state index is 0.348. The third-order valence-corrected chi connectivity index (χ3v) is 4.19. The van der Waals surface area contributed by atoms with Crippen LogP contribution in [0.3, 0.4) is 0 Å². The van der Waals surface area contributed by atoms with E-state index >= 15 is 0 Å². The lowest BCUT2D eigenvalue weighted by atomic mass is 10.9. The molecule has 0 N–H and O–H groups in total. The SMILES string of the molecule is CCO[Si](CC)(OC(C)=O)OC(C)=O. The van der Waals surface area contributed by atoms with Crippen LogP contribution in [0.15, 0.2) is 0 Å². The summed E-state index contributed by atoms with van der Waals surface area (Å²) in [7, 11) is -3.09. The van der Waals surface area contributed by atoms with Crippen LogP contribution in [-0.2, 0) is 22.9 Å². The molecule has 0 aliphatic carbocycles. The van der Waals surface area contributed by atoms with Crippen LogP contribution in [0.1, 0.15) is 27.7 Å². The van der Waals surface area contributed by atoms with Gasteiger partial charge in [0, 0.05) is 26.5 Å². The van der Waals surface area contributed by atoms with E-state index in [1.807, 2.05) is 0 Å².